The molecular formula is C13H9N5O2. The fourth-order valence-corrected chi connectivity index (χ4v) is 2.25. The van der Waals surface area contributed by atoms with Crippen molar-refractivity contribution in [2.45, 2.75) is 6.23 Å². The fourth-order valence-electron chi connectivity index (χ4n) is 2.25. The highest BCUT2D eigenvalue weighted by Gasteiger charge is 2.31. The van der Waals surface area contributed by atoms with Gasteiger partial charge in [-0.3, -0.25) is 0 Å². The van der Waals surface area contributed by atoms with Gasteiger partial charge in [-0.05, 0) is 6.07 Å². The summed E-state index contributed by atoms with van der Waals surface area (Å²) in [4.78, 5) is 27.0. The second kappa shape index (κ2) is 4.02. The van der Waals surface area contributed by atoms with E-state index in [1.807, 2.05) is 12.1 Å². The number of carbonyl (C=O) groups is 1. The third kappa shape index (κ3) is 1.53. The summed E-state index contributed by atoms with van der Waals surface area (Å²) >= 11 is 0. The number of hydrogen-bond donors (Lipinski definition) is 2. The van der Waals surface area contributed by atoms with Gasteiger partial charge in [0.25, 0.3) is 0 Å². The molecule has 1 atom stereocenters. The van der Waals surface area contributed by atoms with E-state index >= 15 is 0 Å². The van der Waals surface area contributed by atoms with Crippen LogP contribution in [0.1, 0.15) is 22.1 Å². The molecule has 1 aliphatic rings. The van der Waals surface area contributed by atoms with E-state index in [4.69, 9.17) is 4.74 Å². The van der Waals surface area contributed by atoms with Gasteiger partial charge in [0.15, 0.2) is 11.5 Å². The van der Waals surface area contributed by atoms with Gasteiger partial charge in [-0.2, -0.15) is 0 Å². The number of H-pyrrole nitrogens is 1. The number of aromatic nitrogens is 4. The highest BCUT2D eigenvalue weighted by molar-refractivity contribution is 5.94. The Morgan fingerprint density at radius 3 is 3.05 bits per heavy atom. The first-order valence-electron chi connectivity index (χ1n) is 6.03. The molecule has 0 fully saturated rings. The van der Waals surface area contributed by atoms with Crippen molar-refractivity contribution in [1.82, 2.24) is 19.9 Å². The number of nitrogens with one attached hydrogen (secondary N) is 2. The summed E-state index contributed by atoms with van der Waals surface area (Å²) in [5, 5.41) is 3.09. The second-order valence-electron chi connectivity index (χ2n) is 4.34. The predicted molar refractivity (Wildman–Crippen MR) is 69.9 cm³/mol. The highest BCUT2D eigenvalue weighted by atomic mass is 16.6. The summed E-state index contributed by atoms with van der Waals surface area (Å²) in [5.74, 6) is 0.204. The lowest BCUT2D eigenvalue weighted by atomic mass is 10.1. The van der Waals surface area contributed by atoms with E-state index in [9.17, 15) is 4.79 Å². The van der Waals surface area contributed by atoms with Crippen molar-refractivity contribution >= 4 is 23.0 Å². The number of anilines is 1. The maximum Gasteiger partial charge on any atom is 0.340 e. The van der Waals surface area contributed by atoms with Crippen LogP contribution in [0.25, 0.3) is 11.2 Å². The molecule has 1 unspecified atom stereocenters. The predicted octanol–water partition coefficient (Wildman–Crippen LogP) is 1.63. The van der Waals surface area contributed by atoms with E-state index in [0.29, 0.717) is 22.5 Å². The van der Waals surface area contributed by atoms with Gasteiger partial charge in [-0.25, -0.2) is 19.7 Å². The number of carbonyl (C=O) groups excluding carboxylic acids is 1. The number of ether oxygens (including phenoxy) is 1. The van der Waals surface area contributed by atoms with E-state index in [0.717, 1.165) is 5.56 Å². The average Bonchev–Trinajstić information content (AvgIpc) is 3.06. The minimum absolute atomic E-state index is 0.340. The molecule has 1 aromatic carbocycles. The van der Waals surface area contributed by atoms with Crippen LogP contribution >= 0.6 is 0 Å². The molecule has 7 heteroatoms. The van der Waals surface area contributed by atoms with Crippen molar-refractivity contribution in [2.75, 3.05) is 5.32 Å². The molecule has 2 N–H and O–H groups in total. The first-order chi connectivity index (χ1) is 9.83. The molecule has 0 saturated heterocycles. The molecule has 0 saturated carbocycles. The summed E-state index contributed by atoms with van der Waals surface area (Å²) in [6.45, 7) is 0. The molecule has 2 aromatic heterocycles. The topological polar surface area (TPSA) is 92.8 Å². The lowest BCUT2D eigenvalue weighted by Gasteiger charge is -2.13. The fraction of sp³-hybridized carbons (Fsp3) is 0.0769. The first-order valence-corrected chi connectivity index (χ1v) is 6.03. The standard InChI is InChI=1S/C13H9N5O2/c19-13-8-4-2-1-3-7(8)12(20-13)18-11-9-10(15-5-14-9)16-6-17-11/h1-6,12H,(H2,14,15,16,17,18). The summed E-state index contributed by atoms with van der Waals surface area (Å²) in [7, 11) is 0. The van der Waals surface area contributed by atoms with Gasteiger partial charge in [-0.15, -0.1) is 0 Å². The van der Waals surface area contributed by atoms with Gasteiger partial charge >= 0.3 is 5.97 Å². The highest BCUT2D eigenvalue weighted by Crippen LogP contribution is 2.31. The molecule has 1 aliphatic heterocycles. The van der Waals surface area contributed by atoms with Crippen LogP contribution in [-0.4, -0.2) is 25.9 Å². The molecule has 98 valence electrons. The SMILES string of the molecule is O=C1OC(Nc2ncnc3nc[nH]c23)c2ccccc21. The molecule has 7 nitrogen and oxygen atoms in total. The Morgan fingerprint density at radius 1 is 1.20 bits per heavy atom. The summed E-state index contributed by atoms with van der Waals surface area (Å²) in [6.07, 6.45) is 2.40. The molecule has 0 bridgehead atoms. The number of benzene rings is 1. The van der Waals surface area contributed by atoms with Gasteiger partial charge in [0.05, 0.1) is 11.9 Å². The van der Waals surface area contributed by atoms with Crippen molar-refractivity contribution in [3.63, 3.8) is 0 Å². The van der Waals surface area contributed by atoms with Gasteiger partial charge < -0.3 is 15.0 Å². The number of hydrogen-bond acceptors (Lipinski definition) is 6. The Hall–Kier alpha value is -2.96. The maximum atomic E-state index is 11.8. The first kappa shape index (κ1) is 10.9. The Kier molecular flexibility index (Phi) is 2.19. The number of nitrogens with zero attached hydrogens (tertiary/aromatic N) is 3. The summed E-state index contributed by atoms with van der Waals surface area (Å²) in [6, 6.07) is 7.26. The number of cyclic esters (lactones) is 1. The van der Waals surface area contributed by atoms with Crippen LogP contribution in [0.5, 0.6) is 0 Å². The van der Waals surface area contributed by atoms with Crippen molar-refractivity contribution < 1.29 is 9.53 Å². The number of rotatable bonds is 2. The van der Waals surface area contributed by atoms with Crippen LogP contribution in [0.15, 0.2) is 36.9 Å². The van der Waals surface area contributed by atoms with Gasteiger partial charge in [0.1, 0.15) is 11.8 Å². The van der Waals surface area contributed by atoms with Crippen LogP contribution in [0, 0.1) is 0 Å². The number of fused-ring (bicyclic) bond motifs is 2. The van der Waals surface area contributed by atoms with Crippen molar-refractivity contribution in [2.24, 2.45) is 0 Å². The Bertz CT molecular complexity index is 813. The van der Waals surface area contributed by atoms with E-state index in [1.165, 1.54) is 6.33 Å². The molecule has 0 spiro atoms. The molecule has 0 radical (unpaired) electrons. The molecular weight excluding hydrogens is 258 g/mol. The molecule has 3 aromatic rings. The molecule has 4 rings (SSSR count). The average molecular weight is 267 g/mol. The van der Waals surface area contributed by atoms with Crippen LogP contribution in [-0.2, 0) is 4.74 Å². The van der Waals surface area contributed by atoms with Crippen LogP contribution < -0.4 is 5.32 Å². The lowest BCUT2D eigenvalue weighted by Crippen LogP contribution is -2.11. The van der Waals surface area contributed by atoms with Gasteiger partial charge in [0.2, 0.25) is 6.23 Å². The molecule has 0 amide bonds. The number of imidazole rings is 1. The third-order valence-electron chi connectivity index (χ3n) is 3.18. The lowest BCUT2D eigenvalue weighted by molar-refractivity contribution is 0.0437. The largest absolute Gasteiger partial charge is 0.434 e. The third-order valence-corrected chi connectivity index (χ3v) is 3.18. The second-order valence-corrected chi connectivity index (χ2v) is 4.34. The Labute approximate surface area is 113 Å². The van der Waals surface area contributed by atoms with Gasteiger partial charge in [0, 0.05) is 5.56 Å². The molecule has 20 heavy (non-hydrogen) atoms. The van der Waals surface area contributed by atoms with Gasteiger partial charge in [-0.1, -0.05) is 18.2 Å². The zero-order valence-electron chi connectivity index (χ0n) is 10.2. The van der Waals surface area contributed by atoms with Crippen LogP contribution in [0.2, 0.25) is 0 Å². The minimum atomic E-state index is -0.555. The summed E-state index contributed by atoms with van der Waals surface area (Å²) in [5.41, 5.74) is 2.59. The normalized spacial score (nSPS) is 17.0. The number of aromatic amines is 1. The zero-order chi connectivity index (χ0) is 13.5. The van der Waals surface area contributed by atoms with Crippen molar-refractivity contribution in [3.8, 4) is 0 Å². The molecule has 3 heterocycles. The van der Waals surface area contributed by atoms with E-state index < -0.39 is 6.23 Å². The number of esters is 1. The Morgan fingerprint density at radius 2 is 2.10 bits per heavy atom. The van der Waals surface area contributed by atoms with Crippen molar-refractivity contribution in [3.05, 3.63) is 48.0 Å². The Balaban J connectivity index is 1.74. The smallest absolute Gasteiger partial charge is 0.340 e. The zero-order valence-corrected chi connectivity index (χ0v) is 10.2. The minimum Gasteiger partial charge on any atom is -0.434 e. The quantitative estimate of drug-likeness (QED) is 0.685. The van der Waals surface area contributed by atoms with Crippen LogP contribution in [0.3, 0.4) is 0 Å². The van der Waals surface area contributed by atoms with E-state index in [-0.39, 0.29) is 5.97 Å². The maximum absolute atomic E-state index is 11.8. The van der Waals surface area contributed by atoms with Crippen molar-refractivity contribution in [1.29, 1.82) is 0 Å². The monoisotopic (exact) mass is 267 g/mol. The van der Waals surface area contributed by atoms with Crippen LogP contribution in [0.4, 0.5) is 5.82 Å². The van der Waals surface area contributed by atoms with E-state index in [1.54, 1.807) is 18.5 Å². The summed E-state index contributed by atoms with van der Waals surface area (Å²) < 4.78 is 5.32. The molecule has 0 aliphatic carbocycles. The van der Waals surface area contributed by atoms with E-state index in [2.05, 4.69) is 25.3 Å².